The van der Waals surface area contributed by atoms with Crippen LogP contribution in [-0.2, 0) is 4.79 Å². The van der Waals surface area contributed by atoms with Gasteiger partial charge in [-0.15, -0.1) is 0 Å². The van der Waals surface area contributed by atoms with Crippen LogP contribution in [0.3, 0.4) is 0 Å². The van der Waals surface area contributed by atoms with E-state index in [0.29, 0.717) is 5.56 Å². The summed E-state index contributed by atoms with van der Waals surface area (Å²) < 4.78 is 0. The lowest BCUT2D eigenvalue weighted by Gasteiger charge is -2.29. The first-order valence-corrected chi connectivity index (χ1v) is 6.53. The highest BCUT2D eigenvalue weighted by Crippen LogP contribution is 2.23. The van der Waals surface area contributed by atoms with Gasteiger partial charge < -0.3 is 20.2 Å². The SMILES string of the molecule is O=C(O)C(O)C(O)c1ccc(N2CCCCC2)cc1. The van der Waals surface area contributed by atoms with E-state index in [2.05, 4.69) is 4.90 Å². The van der Waals surface area contributed by atoms with Crippen LogP contribution in [0.25, 0.3) is 0 Å². The maximum atomic E-state index is 10.6. The lowest BCUT2D eigenvalue weighted by molar-refractivity contribution is -0.153. The van der Waals surface area contributed by atoms with E-state index in [-0.39, 0.29) is 0 Å². The normalized spacial score (nSPS) is 18.9. The monoisotopic (exact) mass is 265 g/mol. The summed E-state index contributed by atoms with van der Waals surface area (Å²) in [5, 5.41) is 27.7. The molecule has 5 nitrogen and oxygen atoms in total. The number of carboxylic acid groups (broad SMARTS) is 1. The summed E-state index contributed by atoms with van der Waals surface area (Å²) in [6.45, 7) is 2.05. The molecule has 0 bridgehead atoms. The summed E-state index contributed by atoms with van der Waals surface area (Å²) in [5.41, 5.74) is 1.48. The van der Waals surface area contributed by atoms with E-state index in [1.54, 1.807) is 12.1 Å². The van der Waals surface area contributed by atoms with E-state index in [4.69, 9.17) is 5.11 Å². The second-order valence-corrected chi connectivity index (χ2v) is 4.87. The molecule has 0 amide bonds. The van der Waals surface area contributed by atoms with Crippen LogP contribution in [0, 0.1) is 0 Å². The third-order valence-electron chi connectivity index (χ3n) is 3.51. The first kappa shape index (κ1) is 13.8. The Labute approximate surface area is 112 Å². The van der Waals surface area contributed by atoms with E-state index < -0.39 is 18.2 Å². The maximum Gasteiger partial charge on any atom is 0.335 e. The Hall–Kier alpha value is -1.59. The number of hydrogen-bond acceptors (Lipinski definition) is 4. The van der Waals surface area contributed by atoms with E-state index in [1.165, 1.54) is 19.3 Å². The number of benzene rings is 1. The molecule has 19 heavy (non-hydrogen) atoms. The number of nitrogens with zero attached hydrogens (tertiary/aromatic N) is 1. The van der Waals surface area contributed by atoms with Crippen LogP contribution in [0.5, 0.6) is 0 Å². The predicted molar refractivity (Wildman–Crippen MR) is 71.1 cm³/mol. The molecular weight excluding hydrogens is 246 g/mol. The Bertz CT molecular complexity index is 426. The molecule has 1 aliphatic heterocycles. The molecular formula is C14H19NO4. The van der Waals surface area contributed by atoms with Crippen molar-refractivity contribution >= 4 is 11.7 Å². The zero-order chi connectivity index (χ0) is 13.8. The number of hydrogen-bond donors (Lipinski definition) is 3. The number of aliphatic hydroxyl groups is 2. The number of piperidine rings is 1. The van der Waals surface area contributed by atoms with Crippen molar-refractivity contribution in [1.82, 2.24) is 0 Å². The standard InChI is InChI=1S/C14H19NO4/c16-12(13(17)14(18)19)10-4-6-11(7-5-10)15-8-2-1-3-9-15/h4-7,12-13,16-17H,1-3,8-9H2,(H,18,19). The van der Waals surface area contributed by atoms with Gasteiger partial charge in [-0.05, 0) is 37.0 Å². The quantitative estimate of drug-likeness (QED) is 0.761. The number of anilines is 1. The fraction of sp³-hybridized carbons (Fsp3) is 0.500. The van der Waals surface area contributed by atoms with E-state index in [9.17, 15) is 15.0 Å². The summed E-state index contributed by atoms with van der Waals surface area (Å²) in [4.78, 5) is 12.9. The van der Waals surface area contributed by atoms with Crippen LogP contribution in [0.15, 0.2) is 24.3 Å². The van der Waals surface area contributed by atoms with Crippen molar-refractivity contribution in [2.24, 2.45) is 0 Å². The van der Waals surface area contributed by atoms with Gasteiger partial charge in [0.2, 0.25) is 0 Å². The number of aliphatic carboxylic acids is 1. The summed E-state index contributed by atoms with van der Waals surface area (Å²) in [7, 11) is 0. The maximum absolute atomic E-state index is 10.6. The number of carboxylic acids is 1. The van der Waals surface area contributed by atoms with Crippen LogP contribution in [0.1, 0.15) is 30.9 Å². The average Bonchev–Trinajstić information content (AvgIpc) is 2.46. The molecule has 1 aromatic carbocycles. The zero-order valence-electron chi connectivity index (χ0n) is 10.7. The van der Waals surface area contributed by atoms with E-state index >= 15 is 0 Å². The van der Waals surface area contributed by atoms with E-state index in [1.807, 2.05) is 12.1 Å². The Kier molecular flexibility index (Phi) is 4.39. The molecule has 1 aliphatic rings. The molecule has 0 aliphatic carbocycles. The Morgan fingerprint density at radius 2 is 1.63 bits per heavy atom. The third-order valence-corrected chi connectivity index (χ3v) is 3.51. The first-order valence-electron chi connectivity index (χ1n) is 6.53. The molecule has 1 aromatic rings. The van der Waals surface area contributed by atoms with Crippen molar-refractivity contribution in [3.05, 3.63) is 29.8 Å². The van der Waals surface area contributed by atoms with Crippen LogP contribution in [-0.4, -0.2) is 40.5 Å². The topological polar surface area (TPSA) is 81.0 Å². The predicted octanol–water partition coefficient (Wildman–Crippen LogP) is 1.16. The third kappa shape index (κ3) is 3.24. The van der Waals surface area contributed by atoms with Crippen molar-refractivity contribution < 1.29 is 20.1 Å². The van der Waals surface area contributed by atoms with Gasteiger partial charge in [0.15, 0.2) is 6.10 Å². The van der Waals surface area contributed by atoms with Gasteiger partial charge in [0, 0.05) is 18.8 Å². The second-order valence-electron chi connectivity index (χ2n) is 4.87. The van der Waals surface area contributed by atoms with Gasteiger partial charge in [-0.1, -0.05) is 12.1 Å². The minimum Gasteiger partial charge on any atom is -0.479 e. The molecule has 3 N–H and O–H groups in total. The second kappa shape index (κ2) is 6.04. The van der Waals surface area contributed by atoms with Gasteiger partial charge in [0.05, 0.1) is 0 Å². The van der Waals surface area contributed by atoms with Crippen LogP contribution in [0.4, 0.5) is 5.69 Å². The van der Waals surface area contributed by atoms with Gasteiger partial charge >= 0.3 is 5.97 Å². The molecule has 2 unspecified atom stereocenters. The highest BCUT2D eigenvalue weighted by molar-refractivity contribution is 5.73. The molecule has 104 valence electrons. The Morgan fingerprint density at radius 1 is 1.05 bits per heavy atom. The number of carbonyl (C=O) groups is 1. The van der Waals surface area contributed by atoms with Crippen LogP contribution < -0.4 is 4.90 Å². The number of aliphatic hydroxyl groups excluding tert-OH is 2. The lowest BCUT2D eigenvalue weighted by Crippen LogP contribution is -2.29. The highest BCUT2D eigenvalue weighted by Gasteiger charge is 2.25. The van der Waals surface area contributed by atoms with Gasteiger partial charge in [0.1, 0.15) is 6.10 Å². The molecule has 1 heterocycles. The lowest BCUT2D eigenvalue weighted by atomic mass is 10.0. The molecule has 0 saturated carbocycles. The van der Waals surface area contributed by atoms with Crippen molar-refractivity contribution in [3.63, 3.8) is 0 Å². The summed E-state index contributed by atoms with van der Waals surface area (Å²) >= 11 is 0. The molecule has 5 heteroatoms. The van der Waals surface area contributed by atoms with Gasteiger partial charge in [-0.3, -0.25) is 0 Å². The molecule has 2 rings (SSSR count). The van der Waals surface area contributed by atoms with Crippen molar-refractivity contribution in [2.45, 2.75) is 31.5 Å². The minimum atomic E-state index is -1.79. The fourth-order valence-corrected chi connectivity index (χ4v) is 2.35. The highest BCUT2D eigenvalue weighted by atomic mass is 16.4. The average molecular weight is 265 g/mol. The number of rotatable bonds is 4. The van der Waals surface area contributed by atoms with Gasteiger partial charge in [0.25, 0.3) is 0 Å². The molecule has 2 atom stereocenters. The molecule has 0 spiro atoms. The summed E-state index contributed by atoms with van der Waals surface area (Å²) in [6.07, 6.45) is 0.441. The van der Waals surface area contributed by atoms with Gasteiger partial charge in [-0.25, -0.2) is 4.79 Å². The first-order chi connectivity index (χ1) is 9.09. The zero-order valence-corrected chi connectivity index (χ0v) is 10.7. The Morgan fingerprint density at radius 3 is 2.16 bits per heavy atom. The largest absolute Gasteiger partial charge is 0.479 e. The Balaban J connectivity index is 2.07. The van der Waals surface area contributed by atoms with Crippen molar-refractivity contribution in [2.75, 3.05) is 18.0 Å². The molecule has 1 saturated heterocycles. The fourth-order valence-electron chi connectivity index (χ4n) is 2.35. The molecule has 0 radical (unpaired) electrons. The van der Waals surface area contributed by atoms with Crippen LogP contribution in [0.2, 0.25) is 0 Å². The molecule has 1 fully saturated rings. The van der Waals surface area contributed by atoms with Crippen LogP contribution >= 0.6 is 0 Å². The van der Waals surface area contributed by atoms with Crippen molar-refractivity contribution in [3.8, 4) is 0 Å². The summed E-state index contributed by atoms with van der Waals surface area (Å²) in [6, 6.07) is 7.05. The smallest absolute Gasteiger partial charge is 0.335 e. The van der Waals surface area contributed by atoms with Crippen molar-refractivity contribution in [1.29, 1.82) is 0 Å². The molecule has 0 aromatic heterocycles. The summed E-state index contributed by atoms with van der Waals surface area (Å²) in [5.74, 6) is -1.42. The van der Waals surface area contributed by atoms with Gasteiger partial charge in [-0.2, -0.15) is 0 Å². The van der Waals surface area contributed by atoms with E-state index in [0.717, 1.165) is 18.8 Å². The minimum absolute atomic E-state index is 0.413.